The summed E-state index contributed by atoms with van der Waals surface area (Å²) in [6.45, 7) is 0. The number of nitro benzene ring substituents is 2. The lowest BCUT2D eigenvalue weighted by Gasteiger charge is -2.23. The van der Waals surface area contributed by atoms with E-state index >= 15 is 0 Å². The maximum Gasteiger partial charge on any atom is 0.282 e. The van der Waals surface area contributed by atoms with Crippen molar-refractivity contribution in [3.8, 4) is 79.4 Å². The molecule has 0 saturated heterocycles. The Labute approximate surface area is 505 Å². The van der Waals surface area contributed by atoms with Crippen molar-refractivity contribution < 1.29 is 69.3 Å². The lowest BCUT2D eigenvalue weighted by Crippen LogP contribution is -2.28. The molecule has 8 N–H and O–H groups in total. The van der Waals surface area contributed by atoms with E-state index in [0.29, 0.717) is 33.0 Å². The molecular formula is C68H44N4O18. The number of non-ortho nitro benzene ring substituents is 2. The van der Waals surface area contributed by atoms with Crippen LogP contribution in [0.2, 0.25) is 0 Å². The lowest BCUT2D eigenvalue weighted by molar-refractivity contribution is -0.385. The van der Waals surface area contributed by atoms with Crippen molar-refractivity contribution in [1.29, 1.82) is 0 Å². The number of rotatable bonds is 8. The zero-order chi connectivity index (χ0) is 63.1. The van der Waals surface area contributed by atoms with Crippen molar-refractivity contribution in [3.05, 3.63) is 266 Å². The molecule has 13 rings (SSSR count). The zero-order valence-corrected chi connectivity index (χ0v) is 46.4. The van der Waals surface area contributed by atoms with Crippen molar-refractivity contribution in [2.24, 2.45) is 0 Å². The molecule has 0 aromatic heterocycles. The summed E-state index contributed by atoms with van der Waals surface area (Å²) >= 11 is 0. The number of aromatic hydroxyl groups is 6. The fraction of sp³-hybridized carbons (Fsp3) is 0.0588. The lowest BCUT2D eigenvalue weighted by atomic mass is 9.89. The molecule has 90 heavy (non-hydrogen) atoms. The van der Waals surface area contributed by atoms with Crippen LogP contribution in [0.3, 0.4) is 0 Å². The van der Waals surface area contributed by atoms with Gasteiger partial charge in [0, 0.05) is 163 Å². The van der Waals surface area contributed by atoms with Crippen molar-refractivity contribution in [1.82, 2.24) is 0 Å². The zero-order valence-electron chi connectivity index (χ0n) is 46.4. The van der Waals surface area contributed by atoms with Crippen LogP contribution in [0.4, 0.5) is 22.7 Å². The first kappa shape index (κ1) is 56.7. The van der Waals surface area contributed by atoms with Crippen LogP contribution in [0.25, 0.3) is 66.8 Å². The minimum Gasteiger partial charge on any atom is -0.508 e. The van der Waals surface area contributed by atoms with E-state index < -0.39 is 92.6 Å². The van der Waals surface area contributed by atoms with Gasteiger partial charge < -0.3 is 39.5 Å². The van der Waals surface area contributed by atoms with Crippen molar-refractivity contribution in [3.63, 3.8) is 0 Å². The predicted octanol–water partition coefficient (Wildman–Crippen LogP) is 12.2. The summed E-state index contributed by atoms with van der Waals surface area (Å²) in [6.07, 6.45) is -2.31. The van der Waals surface area contributed by atoms with Gasteiger partial charge in [0.1, 0.15) is 57.2 Å². The Balaban J connectivity index is 0.941. The first-order valence-electron chi connectivity index (χ1n) is 27.5. The molecule has 8 aromatic carbocycles. The van der Waals surface area contributed by atoms with E-state index in [1.165, 1.54) is 109 Å². The number of fused-ring (bicyclic) bond motifs is 12. The van der Waals surface area contributed by atoms with Gasteiger partial charge in [-0.15, -0.1) is 0 Å². The van der Waals surface area contributed by atoms with Crippen LogP contribution < -0.4 is 21.0 Å². The smallest absolute Gasteiger partial charge is 0.282 e. The molecule has 8 bridgehead atoms. The van der Waals surface area contributed by atoms with Crippen molar-refractivity contribution >= 4 is 56.5 Å². The van der Waals surface area contributed by atoms with E-state index in [1.54, 1.807) is 36.4 Å². The summed E-state index contributed by atoms with van der Waals surface area (Å²) in [7, 11) is 0. The first-order chi connectivity index (χ1) is 43.2. The highest BCUT2D eigenvalue weighted by Crippen LogP contribution is 2.47. The third kappa shape index (κ3) is 9.95. The highest BCUT2D eigenvalue weighted by Gasteiger charge is 2.31. The molecule has 22 nitrogen and oxygen atoms in total. The summed E-state index contributed by atoms with van der Waals surface area (Å²) < 4.78 is 12.0. The highest BCUT2D eigenvalue weighted by atomic mass is 16.6. The number of nitro groups is 2. The van der Waals surface area contributed by atoms with Gasteiger partial charge in [-0.2, -0.15) is 10.1 Å². The van der Waals surface area contributed by atoms with Crippen LogP contribution in [-0.2, 0) is 25.7 Å². The normalized spacial score (nSPS) is 12.1. The Morgan fingerprint density at radius 3 is 1.06 bits per heavy atom. The summed E-state index contributed by atoms with van der Waals surface area (Å²) in [6, 6.07) is 37.7. The quantitative estimate of drug-likeness (QED) is 0.0303. The molecule has 22 heteroatoms. The van der Waals surface area contributed by atoms with Gasteiger partial charge >= 0.3 is 0 Å². The monoisotopic (exact) mass is 1200 g/mol. The average Bonchev–Trinajstić information content (AvgIpc) is 0.778. The van der Waals surface area contributed by atoms with Crippen LogP contribution in [0.15, 0.2) is 188 Å². The SMILES string of the molecule is O=C(c1ccccc1-c1c2ccc(=O)cc-2oc2cc(O)ccc12)N(O)c1cc2c(O)c(c1)Cc1cc([N+](=O)[O-])cc(c1O)Cc1cc(N(O)C(=O)c3ccccc3-c3c4ccc(=O)cc-4oc4cc(O)ccc34)cc(c1O)Cc1cc([N+](=O)[O-])cc(c1O)C2. The Morgan fingerprint density at radius 2 is 0.722 bits per heavy atom. The molecule has 2 heterocycles. The number of hydroxylamine groups is 2. The van der Waals surface area contributed by atoms with E-state index in [2.05, 4.69) is 0 Å². The van der Waals surface area contributed by atoms with Gasteiger partial charge in [-0.25, -0.2) is 0 Å². The largest absolute Gasteiger partial charge is 0.508 e. The fourth-order valence-electron chi connectivity index (χ4n) is 11.9. The number of hydrogen-bond acceptors (Lipinski definition) is 18. The molecule has 2 amide bonds. The Kier molecular flexibility index (Phi) is 13.8. The van der Waals surface area contributed by atoms with Gasteiger partial charge in [-0.05, 0) is 96.1 Å². The number of nitrogens with zero attached hydrogens (tertiary/aromatic N) is 4. The number of benzene rings is 10. The Bertz CT molecular complexity index is 4730. The molecule has 444 valence electrons. The van der Waals surface area contributed by atoms with E-state index in [1.807, 2.05) is 0 Å². The summed E-state index contributed by atoms with van der Waals surface area (Å²) in [4.78, 5) is 79.0. The van der Waals surface area contributed by atoms with Gasteiger partial charge in [0.05, 0.1) is 21.2 Å². The molecule has 0 fully saturated rings. The number of anilines is 2. The van der Waals surface area contributed by atoms with Crippen LogP contribution >= 0.6 is 0 Å². The summed E-state index contributed by atoms with van der Waals surface area (Å²) in [5, 5.41) is 121. The molecule has 0 saturated carbocycles. The van der Waals surface area contributed by atoms with E-state index in [9.17, 15) is 80.5 Å². The van der Waals surface area contributed by atoms with Crippen LogP contribution in [-0.4, -0.2) is 62.7 Å². The fourth-order valence-corrected chi connectivity index (χ4v) is 11.9. The van der Waals surface area contributed by atoms with Crippen LogP contribution in [0, 0.1) is 20.2 Å². The number of carbonyl (C=O) groups is 2. The molecule has 3 aliphatic carbocycles. The average molecular weight is 1210 g/mol. The number of amides is 2. The second-order valence-electron chi connectivity index (χ2n) is 21.6. The number of carbonyl (C=O) groups excluding carboxylic acids is 2. The third-order valence-corrected chi connectivity index (χ3v) is 16.0. The third-order valence-electron chi connectivity index (χ3n) is 16.0. The molecule has 0 atom stereocenters. The maximum atomic E-state index is 15.0. The van der Waals surface area contributed by atoms with Crippen molar-refractivity contribution in [2.45, 2.75) is 25.7 Å². The van der Waals surface area contributed by atoms with Gasteiger partial charge in [0.15, 0.2) is 10.9 Å². The second-order valence-corrected chi connectivity index (χ2v) is 21.6. The molecule has 2 aliphatic heterocycles. The Hall–Kier alpha value is -12.4. The second kappa shape index (κ2) is 21.8. The minimum atomic E-state index is -1.05. The van der Waals surface area contributed by atoms with Crippen LogP contribution in [0.1, 0.15) is 65.2 Å². The highest BCUT2D eigenvalue weighted by molar-refractivity contribution is 6.15. The molecule has 5 aliphatic rings. The number of phenolic OH excluding ortho intramolecular Hbond substituents is 6. The Morgan fingerprint density at radius 1 is 0.400 bits per heavy atom. The molecular weight excluding hydrogens is 1160 g/mol. The topological polar surface area (TPSA) is 349 Å². The van der Waals surface area contributed by atoms with Gasteiger partial charge in [-0.3, -0.25) is 49.8 Å². The predicted molar refractivity (Wildman–Crippen MR) is 327 cm³/mol. The summed E-state index contributed by atoms with van der Waals surface area (Å²) in [5.74, 6) is -4.50. The van der Waals surface area contributed by atoms with E-state index in [0.717, 1.165) is 24.3 Å². The van der Waals surface area contributed by atoms with E-state index in [-0.39, 0.29) is 122 Å². The number of hydrogen-bond donors (Lipinski definition) is 8. The van der Waals surface area contributed by atoms with Gasteiger partial charge in [-0.1, -0.05) is 36.4 Å². The number of phenols is 6. The summed E-state index contributed by atoms with van der Waals surface area (Å²) in [5.41, 5.74) is -1.97. The van der Waals surface area contributed by atoms with E-state index in [4.69, 9.17) is 8.83 Å². The first-order valence-corrected chi connectivity index (χ1v) is 27.5. The van der Waals surface area contributed by atoms with Gasteiger partial charge in [0.25, 0.3) is 23.2 Å². The molecule has 8 aromatic rings. The standard InChI is InChI=1S/C68H44N4O18/c73-45-9-13-53-57(29-45)89-58-30-46(74)10-14-54(58)61(53)49-5-1-3-7-51(49)67(81)69(83)41-21-33-17-37-25-43(71(85)86)27-39(65(37)79)19-35-23-42(24-36(64(35)78)20-40-28-44(72(87)88)26-38(66(40)80)18-34(22-41)63(33)77)70(84)68(82)52-8-4-2-6-50(52)62-55-15-11-47(75)31-59(55)90-60-32-48(76)12-16-56(60)62/h1-16,21-32,73,75,77-80,83-84H,17-20H2. The molecule has 0 radical (unpaired) electrons. The maximum absolute atomic E-state index is 15.0. The van der Waals surface area contributed by atoms with Crippen LogP contribution in [0.5, 0.6) is 34.5 Å². The van der Waals surface area contributed by atoms with Crippen molar-refractivity contribution in [2.75, 3.05) is 10.1 Å². The van der Waals surface area contributed by atoms with Gasteiger partial charge in [0.2, 0.25) is 0 Å². The molecule has 0 spiro atoms. The molecule has 0 unspecified atom stereocenters. The minimum absolute atomic E-state index is 0.108.